The minimum atomic E-state index is -0.158. The summed E-state index contributed by atoms with van der Waals surface area (Å²) >= 11 is 0. The normalized spacial score (nSPS) is 16.6. The fraction of sp³-hybridized carbons (Fsp3) is 0.647. The van der Waals surface area contributed by atoms with Crippen LogP contribution in [0.4, 0.5) is 0 Å². The summed E-state index contributed by atoms with van der Waals surface area (Å²) in [6.45, 7) is 29.3. The van der Waals surface area contributed by atoms with Crippen LogP contribution in [0.1, 0.15) is 149 Å². The summed E-state index contributed by atoms with van der Waals surface area (Å²) in [7, 11) is 0. The summed E-state index contributed by atoms with van der Waals surface area (Å²) in [6.07, 6.45) is 3.77. The summed E-state index contributed by atoms with van der Waals surface area (Å²) in [5.74, 6) is 1.45. The predicted molar refractivity (Wildman–Crippen MR) is 155 cm³/mol. The molecule has 0 aromatic heterocycles. The zero-order valence-electron chi connectivity index (χ0n) is 25.4. The van der Waals surface area contributed by atoms with E-state index in [0.29, 0.717) is 5.75 Å². The molecule has 2 aromatic carbocycles. The smallest absolute Gasteiger partial charge is 0.127 e. The number of ether oxygens (including phenoxy) is 1. The molecule has 2 nitrogen and oxygen atoms in total. The number of benzene rings is 2. The van der Waals surface area contributed by atoms with Gasteiger partial charge < -0.3 is 9.84 Å². The van der Waals surface area contributed by atoms with Gasteiger partial charge in [0.05, 0.1) is 6.10 Å². The molecule has 1 unspecified atom stereocenters. The summed E-state index contributed by atoms with van der Waals surface area (Å²) in [5, 5.41) is 11.7. The lowest BCUT2D eigenvalue weighted by atomic mass is 9.74. The van der Waals surface area contributed by atoms with Crippen LogP contribution in [0, 0.1) is 0 Å². The van der Waals surface area contributed by atoms with Crippen LogP contribution in [0.25, 0.3) is 0 Å². The number of phenols is 1. The first-order chi connectivity index (χ1) is 16.2. The van der Waals surface area contributed by atoms with Crippen LogP contribution >= 0.6 is 0 Å². The van der Waals surface area contributed by atoms with Gasteiger partial charge in [0, 0.05) is 22.6 Å². The first kappa shape index (κ1) is 28.6. The van der Waals surface area contributed by atoms with Crippen LogP contribution < -0.4 is 4.74 Å². The first-order valence-electron chi connectivity index (χ1n) is 13.9. The fourth-order valence-corrected chi connectivity index (χ4v) is 4.91. The number of hydrogen-bond acceptors (Lipinski definition) is 2. The summed E-state index contributed by atoms with van der Waals surface area (Å²) < 4.78 is 6.80. The largest absolute Gasteiger partial charge is 0.507 e. The Hall–Kier alpha value is -1.96. The van der Waals surface area contributed by atoms with Crippen LogP contribution in [-0.4, -0.2) is 11.2 Å². The van der Waals surface area contributed by atoms with E-state index in [1.165, 1.54) is 28.7 Å². The molecule has 1 fully saturated rings. The maximum Gasteiger partial charge on any atom is 0.127 e. The van der Waals surface area contributed by atoms with Crippen molar-refractivity contribution in [3.05, 3.63) is 57.6 Å². The van der Waals surface area contributed by atoms with Gasteiger partial charge in [0.25, 0.3) is 0 Å². The first-order valence-corrected chi connectivity index (χ1v) is 13.9. The molecule has 1 aliphatic rings. The quantitative estimate of drug-likeness (QED) is 0.460. The second kappa shape index (κ2) is 9.41. The summed E-state index contributed by atoms with van der Waals surface area (Å²) in [4.78, 5) is 0. The van der Waals surface area contributed by atoms with Crippen molar-refractivity contribution in [1.82, 2.24) is 0 Å². The van der Waals surface area contributed by atoms with Crippen molar-refractivity contribution in [2.45, 2.75) is 143 Å². The number of aromatic hydroxyl groups is 1. The molecule has 0 heterocycles. The lowest BCUT2D eigenvalue weighted by Gasteiger charge is -2.35. The van der Waals surface area contributed by atoms with E-state index >= 15 is 0 Å². The molecule has 0 aliphatic heterocycles. The van der Waals surface area contributed by atoms with E-state index in [4.69, 9.17) is 4.74 Å². The van der Waals surface area contributed by atoms with E-state index in [1.807, 2.05) is 0 Å². The molecular weight excluding hydrogens is 440 g/mol. The lowest BCUT2D eigenvalue weighted by molar-refractivity contribution is 0.116. The highest BCUT2D eigenvalue weighted by Crippen LogP contribution is 2.48. The second-order valence-corrected chi connectivity index (χ2v) is 15.3. The minimum absolute atomic E-state index is 0.00752. The Morgan fingerprint density at radius 1 is 0.667 bits per heavy atom. The van der Waals surface area contributed by atoms with Gasteiger partial charge in [0.15, 0.2) is 0 Å². The zero-order valence-corrected chi connectivity index (χ0v) is 25.4. The van der Waals surface area contributed by atoms with Crippen molar-refractivity contribution in [3.8, 4) is 11.5 Å². The molecule has 2 aromatic rings. The number of hydrogen-bond donors (Lipinski definition) is 1. The standard InChI is InChI=1S/C34H52O2/c1-21(25-17-22(31(2,3)4)19-27(29(25)35)33(8,9)10)26-18-23(32(5,6)7)20-28(34(11,12)13)30(26)36-24-15-14-16-24/h17-21,24,35H,14-16H2,1-13H3. The van der Waals surface area contributed by atoms with Crippen molar-refractivity contribution in [1.29, 1.82) is 0 Å². The maximum atomic E-state index is 11.7. The number of rotatable bonds is 4. The maximum absolute atomic E-state index is 11.7. The van der Waals surface area contributed by atoms with Crippen molar-refractivity contribution >= 4 is 0 Å². The van der Waals surface area contributed by atoms with Gasteiger partial charge in [-0.2, -0.15) is 0 Å². The lowest BCUT2D eigenvalue weighted by Crippen LogP contribution is -2.28. The van der Waals surface area contributed by atoms with Gasteiger partial charge in [-0.15, -0.1) is 0 Å². The molecule has 0 radical (unpaired) electrons. The fourth-order valence-electron chi connectivity index (χ4n) is 4.91. The van der Waals surface area contributed by atoms with Gasteiger partial charge in [-0.1, -0.05) is 114 Å². The van der Waals surface area contributed by atoms with E-state index < -0.39 is 0 Å². The molecule has 1 N–H and O–H groups in total. The van der Waals surface area contributed by atoms with Gasteiger partial charge in [-0.3, -0.25) is 0 Å². The van der Waals surface area contributed by atoms with Crippen molar-refractivity contribution in [2.75, 3.05) is 0 Å². The van der Waals surface area contributed by atoms with Crippen LogP contribution in [0.3, 0.4) is 0 Å². The highest BCUT2D eigenvalue weighted by molar-refractivity contribution is 5.57. The average molecular weight is 493 g/mol. The van der Waals surface area contributed by atoms with Crippen LogP contribution in [0.15, 0.2) is 24.3 Å². The SMILES string of the molecule is CC(c1cc(C(C)(C)C)cc(C(C)(C)C)c1O)c1cc(C(C)(C)C)cc(C(C)(C)C)c1OC1CCC1. The van der Waals surface area contributed by atoms with Crippen molar-refractivity contribution in [2.24, 2.45) is 0 Å². The molecule has 1 aliphatic carbocycles. The molecule has 0 bridgehead atoms. The Morgan fingerprint density at radius 3 is 1.50 bits per heavy atom. The topological polar surface area (TPSA) is 29.5 Å². The Bertz CT molecular complexity index is 1090. The average Bonchev–Trinajstić information content (AvgIpc) is 2.66. The molecule has 2 heteroatoms. The molecule has 0 saturated heterocycles. The predicted octanol–water partition coefficient (Wildman–Crippen LogP) is 9.67. The number of phenolic OH excluding ortho intramolecular Hbond substituents is 1. The molecule has 0 spiro atoms. The van der Waals surface area contributed by atoms with E-state index in [1.54, 1.807) is 0 Å². The van der Waals surface area contributed by atoms with E-state index in [9.17, 15) is 5.11 Å². The third-order valence-corrected chi connectivity index (χ3v) is 7.87. The van der Waals surface area contributed by atoms with Crippen LogP contribution in [0.2, 0.25) is 0 Å². The monoisotopic (exact) mass is 492 g/mol. The van der Waals surface area contributed by atoms with E-state index in [2.05, 4.69) is 114 Å². The third-order valence-electron chi connectivity index (χ3n) is 7.87. The highest BCUT2D eigenvalue weighted by Gasteiger charge is 2.33. The van der Waals surface area contributed by atoms with Gasteiger partial charge >= 0.3 is 0 Å². The molecule has 36 heavy (non-hydrogen) atoms. The summed E-state index contributed by atoms with van der Waals surface area (Å²) in [6, 6.07) is 9.18. The molecule has 3 rings (SSSR count). The Morgan fingerprint density at radius 2 is 1.11 bits per heavy atom. The zero-order chi connectivity index (χ0) is 27.4. The summed E-state index contributed by atoms with van der Waals surface area (Å²) in [5.41, 5.74) is 6.83. The minimum Gasteiger partial charge on any atom is -0.507 e. The van der Waals surface area contributed by atoms with Crippen molar-refractivity contribution < 1.29 is 9.84 Å². The highest BCUT2D eigenvalue weighted by atomic mass is 16.5. The Kier molecular flexibility index (Phi) is 7.48. The molecular formula is C34H52O2. The molecule has 1 atom stereocenters. The van der Waals surface area contributed by atoms with E-state index in [0.717, 1.165) is 29.7 Å². The van der Waals surface area contributed by atoms with Gasteiger partial charge in [0.1, 0.15) is 11.5 Å². The van der Waals surface area contributed by atoms with Crippen LogP contribution in [-0.2, 0) is 21.7 Å². The molecule has 1 saturated carbocycles. The van der Waals surface area contributed by atoms with Gasteiger partial charge in [-0.25, -0.2) is 0 Å². The second-order valence-electron chi connectivity index (χ2n) is 15.3. The van der Waals surface area contributed by atoms with Crippen molar-refractivity contribution in [3.63, 3.8) is 0 Å². The van der Waals surface area contributed by atoms with E-state index in [-0.39, 0.29) is 33.7 Å². The van der Waals surface area contributed by atoms with Crippen LogP contribution in [0.5, 0.6) is 11.5 Å². The Balaban J connectivity index is 2.35. The van der Waals surface area contributed by atoms with Gasteiger partial charge in [0.2, 0.25) is 0 Å². The third kappa shape index (κ3) is 5.95. The van der Waals surface area contributed by atoms with Gasteiger partial charge in [-0.05, 0) is 57.6 Å². The Labute approximate surface area is 221 Å². The molecule has 0 amide bonds. The molecule has 200 valence electrons.